The van der Waals surface area contributed by atoms with Crippen LogP contribution in [-0.4, -0.2) is 19.9 Å². The van der Waals surface area contributed by atoms with E-state index >= 15 is 0 Å². The van der Waals surface area contributed by atoms with Crippen molar-refractivity contribution < 1.29 is 4.42 Å². The van der Waals surface area contributed by atoms with Crippen molar-refractivity contribution in [3.63, 3.8) is 0 Å². The molecule has 0 saturated heterocycles. The number of hydrogen-bond acceptors (Lipinski definition) is 5. The van der Waals surface area contributed by atoms with Gasteiger partial charge in [-0.05, 0) is 52.2 Å². The van der Waals surface area contributed by atoms with Crippen molar-refractivity contribution in [2.75, 3.05) is 0 Å². The van der Waals surface area contributed by atoms with Crippen LogP contribution in [0.2, 0.25) is 0 Å². The van der Waals surface area contributed by atoms with Gasteiger partial charge in [0.25, 0.3) is 0 Å². The molecule has 0 spiro atoms. The number of furan rings is 1. The van der Waals surface area contributed by atoms with Gasteiger partial charge in [0.1, 0.15) is 16.9 Å². The Morgan fingerprint density at radius 2 is 1.02 bits per heavy atom. The van der Waals surface area contributed by atoms with Crippen molar-refractivity contribution in [2.45, 2.75) is 0 Å². The number of aromatic nitrogens is 4. The second-order valence-electron chi connectivity index (χ2n) is 11.0. The Bertz CT molecular complexity index is 2550. The minimum absolute atomic E-state index is 0.516. The fourth-order valence-electron chi connectivity index (χ4n) is 6.25. The Labute approximate surface area is 258 Å². The molecule has 5 heteroatoms. The molecule has 210 valence electrons. The highest BCUT2D eigenvalue weighted by molar-refractivity contribution is 6.12. The van der Waals surface area contributed by atoms with Gasteiger partial charge >= 0.3 is 0 Å². The average molecular weight is 577 g/mol. The Morgan fingerprint density at radius 1 is 0.378 bits per heavy atom. The number of benzene rings is 6. The van der Waals surface area contributed by atoms with E-state index in [0.717, 1.165) is 65.9 Å². The third kappa shape index (κ3) is 4.25. The smallest absolute Gasteiger partial charge is 0.182 e. The maximum atomic E-state index is 6.22. The van der Waals surface area contributed by atoms with Crippen LogP contribution in [0.15, 0.2) is 150 Å². The molecule has 0 fully saturated rings. The Morgan fingerprint density at radius 3 is 1.89 bits per heavy atom. The first kappa shape index (κ1) is 25.3. The molecule has 0 N–H and O–H groups in total. The summed E-state index contributed by atoms with van der Waals surface area (Å²) in [6.07, 6.45) is 0. The lowest BCUT2D eigenvalue weighted by molar-refractivity contribution is 0.669. The van der Waals surface area contributed by atoms with Crippen molar-refractivity contribution >= 4 is 43.6 Å². The third-order valence-electron chi connectivity index (χ3n) is 8.36. The van der Waals surface area contributed by atoms with Gasteiger partial charge in [-0.2, -0.15) is 0 Å². The van der Waals surface area contributed by atoms with Crippen LogP contribution < -0.4 is 0 Å². The molecule has 0 amide bonds. The zero-order valence-electron chi connectivity index (χ0n) is 24.1. The first-order chi connectivity index (χ1) is 22.3. The summed E-state index contributed by atoms with van der Waals surface area (Å²) in [7, 11) is 0. The standard InChI is InChI=1S/C40H24N4O/c1-2-11-25(12-3-1)27-22-23-30(29-15-6-5-14-28(27)29)38-42-39(32-17-10-20-36-37(32)31-16-7-9-19-35(31)45-36)44-40(43-38)34-24-21-26-13-4-8-18-33(26)41-34/h1-24H. The maximum absolute atomic E-state index is 6.22. The molecule has 9 rings (SSSR count). The van der Waals surface area contributed by atoms with E-state index in [4.69, 9.17) is 24.4 Å². The van der Waals surface area contributed by atoms with E-state index < -0.39 is 0 Å². The molecule has 0 aliphatic carbocycles. The van der Waals surface area contributed by atoms with Gasteiger partial charge in [0.2, 0.25) is 0 Å². The van der Waals surface area contributed by atoms with E-state index in [1.165, 1.54) is 0 Å². The van der Waals surface area contributed by atoms with Crippen LogP contribution in [0.4, 0.5) is 0 Å². The third-order valence-corrected chi connectivity index (χ3v) is 8.36. The summed E-state index contributed by atoms with van der Waals surface area (Å²) in [5.41, 5.74) is 7.33. The maximum Gasteiger partial charge on any atom is 0.182 e. The summed E-state index contributed by atoms with van der Waals surface area (Å²) in [6, 6.07) is 49.4. The van der Waals surface area contributed by atoms with Crippen molar-refractivity contribution in [3.8, 4) is 45.4 Å². The Hall–Kier alpha value is -6.20. The average Bonchev–Trinajstić information content (AvgIpc) is 3.50. The van der Waals surface area contributed by atoms with Gasteiger partial charge in [0.05, 0.1) is 5.52 Å². The molecule has 0 aliphatic heterocycles. The fourth-order valence-corrected chi connectivity index (χ4v) is 6.25. The van der Waals surface area contributed by atoms with Crippen LogP contribution in [0.3, 0.4) is 0 Å². The highest BCUT2D eigenvalue weighted by Crippen LogP contribution is 2.38. The monoisotopic (exact) mass is 576 g/mol. The number of hydrogen-bond donors (Lipinski definition) is 0. The highest BCUT2D eigenvalue weighted by Gasteiger charge is 2.19. The van der Waals surface area contributed by atoms with Gasteiger partial charge < -0.3 is 4.42 Å². The van der Waals surface area contributed by atoms with Crippen LogP contribution in [0.1, 0.15) is 0 Å². The summed E-state index contributed by atoms with van der Waals surface area (Å²) in [4.78, 5) is 20.3. The molecular formula is C40H24N4O. The van der Waals surface area contributed by atoms with Gasteiger partial charge in [-0.3, -0.25) is 0 Å². The lowest BCUT2D eigenvalue weighted by Gasteiger charge is -2.13. The van der Waals surface area contributed by atoms with Gasteiger partial charge in [-0.25, -0.2) is 19.9 Å². The van der Waals surface area contributed by atoms with Crippen molar-refractivity contribution in [1.82, 2.24) is 19.9 Å². The second kappa shape index (κ2) is 10.2. The van der Waals surface area contributed by atoms with Crippen LogP contribution in [0.25, 0.3) is 89.0 Å². The second-order valence-corrected chi connectivity index (χ2v) is 11.0. The molecule has 0 bridgehead atoms. The van der Waals surface area contributed by atoms with E-state index in [1.54, 1.807) is 0 Å². The lowest BCUT2D eigenvalue weighted by Crippen LogP contribution is -2.02. The van der Waals surface area contributed by atoms with Crippen LogP contribution in [0, 0.1) is 0 Å². The molecule has 45 heavy (non-hydrogen) atoms. The SMILES string of the molecule is c1ccc(-c2ccc(-c3nc(-c4ccc5ccccc5n4)nc(-c4cccc5oc6ccccc6c45)n3)c3ccccc23)cc1. The molecule has 3 aromatic heterocycles. The van der Waals surface area contributed by atoms with E-state index in [9.17, 15) is 0 Å². The molecule has 6 aromatic carbocycles. The fraction of sp³-hybridized carbons (Fsp3) is 0. The predicted molar refractivity (Wildman–Crippen MR) is 182 cm³/mol. The summed E-state index contributed by atoms with van der Waals surface area (Å²) in [5, 5.41) is 5.27. The summed E-state index contributed by atoms with van der Waals surface area (Å²) < 4.78 is 6.22. The van der Waals surface area contributed by atoms with Crippen molar-refractivity contribution in [2.24, 2.45) is 0 Å². The van der Waals surface area contributed by atoms with Crippen LogP contribution in [0.5, 0.6) is 0 Å². The van der Waals surface area contributed by atoms with Crippen LogP contribution >= 0.6 is 0 Å². The molecule has 0 atom stereocenters. The predicted octanol–water partition coefficient (Wildman–Crippen LogP) is 10.1. The largest absolute Gasteiger partial charge is 0.456 e. The van der Waals surface area contributed by atoms with Gasteiger partial charge in [0, 0.05) is 27.3 Å². The molecule has 0 unspecified atom stereocenters. The molecule has 0 saturated carbocycles. The number of para-hydroxylation sites is 2. The highest BCUT2D eigenvalue weighted by atomic mass is 16.3. The summed E-state index contributed by atoms with van der Waals surface area (Å²) in [6.45, 7) is 0. The zero-order valence-corrected chi connectivity index (χ0v) is 24.1. The first-order valence-corrected chi connectivity index (χ1v) is 14.9. The molecular weight excluding hydrogens is 552 g/mol. The van der Waals surface area contributed by atoms with Gasteiger partial charge in [0.15, 0.2) is 17.5 Å². The summed E-state index contributed by atoms with van der Waals surface area (Å²) in [5.74, 6) is 1.67. The normalized spacial score (nSPS) is 11.6. The summed E-state index contributed by atoms with van der Waals surface area (Å²) >= 11 is 0. The number of nitrogens with zero attached hydrogens (tertiary/aromatic N) is 4. The zero-order chi connectivity index (χ0) is 29.7. The Kier molecular flexibility index (Phi) is 5.74. The van der Waals surface area contributed by atoms with Crippen molar-refractivity contribution in [1.29, 1.82) is 0 Å². The number of pyridine rings is 1. The minimum atomic E-state index is 0.516. The van der Waals surface area contributed by atoms with E-state index in [1.807, 2.05) is 60.7 Å². The topological polar surface area (TPSA) is 64.7 Å². The molecule has 0 radical (unpaired) electrons. The number of fused-ring (bicyclic) bond motifs is 5. The lowest BCUT2D eigenvalue weighted by atomic mass is 9.94. The van der Waals surface area contributed by atoms with E-state index in [-0.39, 0.29) is 0 Å². The van der Waals surface area contributed by atoms with Crippen molar-refractivity contribution in [3.05, 3.63) is 146 Å². The minimum Gasteiger partial charge on any atom is -0.456 e. The first-order valence-electron chi connectivity index (χ1n) is 14.9. The van der Waals surface area contributed by atoms with Gasteiger partial charge in [-0.1, -0.05) is 115 Å². The molecule has 3 heterocycles. The number of rotatable bonds is 4. The molecule has 0 aliphatic rings. The van der Waals surface area contributed by atoms with E-state index in [2.05, 4.69) is 84.9 Å². The molecule has 9 aromatic rings. The quantitative estimate of drug-likeness (QED) is 0.209. The van der Waals surface area contributed by atoms with Gasteiger partial charge in [-0.15, -0.1) is 0 Å². The Balaban J connectivity index is 1.32. The van der Waals surface area contributed by atoms with Crippen LogP contribution in [-0.2, 0) is 0 Å². The molecule has 5 nitrogen and oxygen atoms in total. The van der Waals surface area contributed by atoms with E-state index in [0.29, 0.717) is 23.2 Å².